The van der Waals surface area contributed by atoms with Crippen molar-refractivity contribution in [1.82, 2.24) is 0 Å². The number of methoxy groups -OCH3 is 1. The second-order valence-corrected chi connectivity index (χ2v) is 6.12. The molecule has 0 aromatic heterocycles. The second kappa shape index (κ2) is 9.20. The molecular formula is C21H18N4O5. The number of carbonyl (C=O) groups is 2. The van der Waals surface area contributed by atoms with Crippen molar-refractivity contribution in [2.24, 2.45) is 0 Å². The van der Waals surface area contributed by atoms with E-state index < -0.39 is 16.9 Å². The summed E-state index contributed by atoms with van der Waals surface area (Å²) in [5.41, 5.74) is 1.45. The Hall–Kier alpha value is -4.40. The molecule has 0 aliphatic heterocycles. The maximum absolute atomic E-state index is 12.5. The Bertz CT molecular complexity index is 1070. The van der Waals surface area contributed by atoms with Crippen LogP contribution in [0.5, 0.6) is 5.75 Å². The Morgan fingerprint density at radius 2 is 1.40 bits per heavy atom. The molecule has 0 fully saturated rings. The van der Waals surface area contributed by atoms with Gasteiger partial charge in [0.1, 0.15) is 5.75 Å². The molecule has 3 aromatic carbocycles. The van der Waals surface area contributed by atoms with Crippen molar-refractivity contribution in [3.8, 4) is 5.75 Å². The molecule has 0 atom stereocenters. The van der Waals surface area contributed by atoms with E-state index >= 15 is 0 Å². The summed E-state index contributed by atoms with van der Waals surface area (Å²) in [7, 11) is 1.37. The van der Waals surface area contributed by atoms with E-state index in [2.05, 4.69) is 16.0 Å². The number of hydrogen-bond donors (Lipinski definition) is 3. The Kier molecular flexibility index (Phi) is 6.23. The van der Waals surface area contributed by atoms with E-state index in [1.165, 1.54) is 19.2 Å². The minimum Gasteiger partial charge on any atom is -0.496 e. The first kappa shape index (κ1) is 20.3. The molecule has 9 nitrogen and oxygen atoms in total. The quantitative estimate of drug-likeness (QED) is 0.411. The summed E-state index contributed by atoms with van der Waals surface area (Å²) in [5.74, 6) is -0.341. The molecule has 3 N–H and O–H groups in total. The Labute approximate surface area is 171 Å². The summed E-state index contributed by atoms with van der Waals surface area (Å²) in [6.45, 7) is 0. The van der Waals surface area contributed by atoms with Gasteiger partial charge in [-0.3, -0.25) is 14.9 Å². The van der Waals surface area contributed by atoms with Crippen LogP contribution in [0.3, 0.4) is 0 Å². The van der Waals surface area contributed by atoms with Crippen LogP contribution < -0.4 is 20.7 Å². The Morgan fingerprint density at radius 3 is 1.97 bits per heavy atom. The maximum Gasteiger partial charge on any atom is 0.323 e. The first-order chi connectivity index (χ1) is 14.5. The molecule has 0 spiro atoms. The molecule has 0 saturated carbocycles. The minimum absolute atomic E-state index is 0.0381. The minimum atomic E-state index is -0.586. The van der Waals surface area contributed by atoms with E-state index in [0.29, 0.717) is 17.1 Å². The van der Waals surface area contributed by atoms with Crippen LogP contribution in [0.25, 0.3) is 0 Å². The summed E-state index contributed by atoms with van der Waals surface area (Å²) >= 11 is 0. The fraction of sp³-hybridized carbons (Fsp3) is 0.0476. The third-order valence-corrected chi connectivity index (χ3v) is 4.07. The number of anilines is 3. The number of para-hydroxylation sites is 1. The van der Waals surface area contributed by atoms with E-state index in [4.69, 9.17) is 4.74 Å². The van der Waals surface area contributed by atoms with Gasteiger partial charge in [-0.25, -0.2) is 4.79 Å². The first-order valence-corrected chi connectivity index (χ1v) is 8.83. The molecule has 0 saturated heterocycles. The van der Waals surface area contributed by atoms with Crippen LogP contribution in [0.1, 0.15) is 10.4 Å². The van der Waals surface area contributed by atoms with Crippen molar-refractivity contribution in [2.75, 3.05) is 23.1 Å². The topological polar surface area (TPSA) is 123 Å². The summed E-state index contributed by atoms with van der Waals surface area (Å²) in [6, 6.07) is 18.8. The molecule has 9 heteroatoms. The number of nitrogens with one attached hydrogen (secondary N) is 3. The number of urea groups is 1. The average molecular weight is 406 g/mol. The highest BCUT2D eigenvalue weighted by Gasteiger charge is 2.17. The van der Waals surface area contributed by atoms with E-state index in [1.807, 2.05) is 18.2 Å². The van der Waals surface area contributed by atoms with Crippen molar-refractivity contribution >= 4 is 34.7 Å². The highest BCUT2D eigenvalue weighted by Crippen LogP contribution is 2.25. The van der Waals surface area contributed by atoms with Crippen LogP contribution in [-0.2, 0) is 0 Å². The smallest absolute Gasteiger partial charge is 0.323 e. The molecule has 0 aliphatic carbocycles. The van der Waals surface area contributed by atoms with Crippen molar-refractivity contribution in [3.63, 3.8) is 0 Å². The van der Waals surface area contributed by atoms with Crippen molar-refractivity contribution in [1.29, 1.82) is 0 Å². The van der Waals surface area contributed by atoms with Crippen LogP contribution in [0, 0.1) is 10.1 Å². The van der Waals surface area contributed by atoms with E-state index in [9.17, 15) is 19.7 Å². The van der Waals surface area contributed by atoms with Gasteiger partial charge < -0.3 is 20.7 Å². The van der Waals surface area contributed by atoms with Gasteiger partial charge in [0.05, 0.1) is 17.6 Å². The predicted molar refractivity (Wildman–Crippen MR) is 113 cm³/mol. The molecular weight excluding hydrogens is 388 g/mol. The number of hydrogen-bond acceptors (Lipinski definition) is 5. The summed E-state index contributed by atoms with van der Waals surface area (Å²) in [6.07, 6.45) is 0. The van der Waals surface area contributed by atoms with E-state index in [0.717, 1.165) is 6.07 Å². The average Bonchev–Trinajstić information content (AvgIpc) is 2.75. The lowest BCUT2D eigenvalue weighted by atomic mass is 10.1. The van der Waals surface area contributed by atoms with Gasteiger partial charge in [0.15, 0.2) is 0 Å². The molecule has 0 radical (unpaired) electrons. The van der Waals surface area contributed by atoms with Gasteiger partial charge >= 0.3 is 6.03 Å². The van der Waals surface area contributed by atoms with Gasteiger partial charge in [-0.2, -0.15) is 0 Å². The van der Waals surface area contributed by atoms with Crippen molar-refractivity contribution < 1.29 is 19.2 Å². The van der Waals surface area contributed by atoms with E-state index in [-0.39, 0.29) is 17.0 Å². The number of nitrogens with zero attached hydrogens (tertiary/aromatic N) is 1. The molecule has 3 aromatic rings. The normalized spacial score (nSPS) is 10.0. The molecule has 3 rings (SSSR count). The van der Waals surface area contributed by atoms with Gasteiger partial charge in [-0.1, -0.05) is 18.2 Å². The number of nitro benzene ring substituents is 1. The first-order valence-electron chi connectivity index (χ1n) is 8.83. The number of benzene rings is 3. The monoisotopic (exact) mass is 406 g/mol. The molecule has 0 unspecified atom stereocenters. The van der Waals surface area contributed by atoms with Crippen LogP contribution in [0.2, 0.25) is 0 Å². The molecule has 0 heterocycles. The van der Waals surface area contributed by atoms with Gasteiger partial charge in [-0.15, -0.1) is 0 Å². The lowest BCUT2D eigenvalue weighted by Crippen LogP contribution is -2.19. The lowest BCUT2D eigenvalue weighted by molar-refractivity contribution is -0.384. The zero-order valence-corrected chi connectivity index (χ0v) is 15.9. The number of rotatable bonds is 6. The van der Waals surface area contributed by atoms with Crippen molar-refractivity contribution in [2.45, 2.75) is 0 Å². The number of nitro groups is 1. The van der Waals surface area contributed by atoms with Crippen molar-refractivity contribution in [3.05, 3.63) is 88.5 Å². The standard InChI is InChI=1S/C21H18N4O5/c1-30-19-12-11-17(25(28)29)13-18(19)20(26)22-15-7-9-16(10-8-15)24-21(27)23-14-5-3-2-4-6-14/h2-13H,1H3,(H,22,26)(H2,23,24,27). The van der Waals surface area contributed by atoms with Crippen LogP contribution in [0.4, 0.5) is 27.5 Å². The van der Waals surface area contributed by atoms with Crippen LogP contribution in [-0.4, -0.2) is 24.0 Å². The number of carbonyl (C=O) groups excluding carboxylic acids is 2. The number of non-ortho nitro benzene ring substituents is 1. The molecule has 0 bridgehead atoms. The third-order valence-electron chi connectivity index (χ3n) is 4.07. The summed E-state index contributed by atoms with van der Waals surface area (Å²) in [5, 5.41) is 19.0. The SMILES string of the molecule is COc1ccc([N+](=O)[O-])cc1C(=O)Nc1ccc(NC(=O)Nc2ccccc2)cc1. The Balaban J connectivity index is 1.65. The largest absolute Gasteiger partial charge is 0.496 e. The summed E-state index contributed by atoms with van der Waals surface area (Å²) in [4.78, 5) is 34.9. The Morgan fingerprint density at radius 1 is 0.833 bits per heavy atom. The molecule has 152 valence electrons. The summed E-state index contributed by atoms with van der Waals surface area (Å²) < 4.78 is 5.11. The van der Waals surface area contributed by atoms with Gasteiger partial charge in [0, 0.05) is 29.2 Å². The number of ether oxygens (including phenoxy) is 1. The zero-order chi connectivity index (χ0) is 21.5. The van der Waals surface area contributed by atoms with Gasteiger partial charge in [0.25, 0.3) is 11.6 Å². The van der Waals surface area contributed by atoms with Crippen LogP contribution >= 0.6 is 0 Å². The van der Waals surface area contributed by atoms with Gasteiger partial charge in [0.2, 0.25) is 0 Å². The molecule has 0 aliphatic rings. The predicted octanol–water partition coefficient (Wildman–Crippen LogP) is 4.50. The maximum atomic E-state index is 12.5. The fourth-order valence-corrected chi connectivity index (χ4v) is 2.64. The highest BCUT2D eigenvalue weighted by atomic mass is 16.6. The highest BCUT2D eigenvalue weighted by molar-refractivity contribution is 6.07. The molecule has 30 heavy (non-hydrogen) atoms. The fourth-order valence-electron chi connectivity index (χ4n) is 2.64. The number of amides is 3. The zero-order valence-electron chi connectivity index (χ0n) is 15.9. The van der Waals surface area contributed by atoms with Gasteiger partial charge in [-0.05, 0) is 42.5 Å². The second-order valence-electron chi connectivity index (χ2n) is 6.12. The third kappa shape index (κ3) is 5.10. The molecule has 3 amide bonds. The van der Waals surface area contributed by atoms with Crippen LogP contribution in [0.15, 0.2) is 72.8 Å². The van der Waals surface area contributed by atoms with E-state index in [1.54, 1.807) is 36.4 Å². The lowest BCUT2D eigenvalue weighted by Gasteiger charge is -2.11.